The molecule has 28 heavy (non-hydrogen) atoms. The number of rotatable bonds is 6. The van der Waals surface area contributed by atoms with Gasteiger partial charge in [0.05, 0.1) is 27.4 Å². The first-order valence-corrected chi connectivity index (χ1v) is 10.2. The third-order valence-electron chi connectivity index (χ3n) is 5.92. The molecule has 1 saturated carbocycles. The highest BCUT2D eigenvalue weighted by molar-refractivity contribution is 5.93. The Labute approximate surface area is 168 Å². The topological polar surface area (TPSA) is 67.4 Å². The molecule has 0 spiro atoms. The summed E-state index contributed by atoms with van der Waals surface area (Å²) in [6, 6.07) is 5.78. The van der Waals surface area contributed by atoms with Crippen LogP contribution in [0.2, 0.25) is 0 Å². The molecule has 2 aliphatic rings. The number of morpholine rings is 1. The van der Waals surface area contributed by atoms with E-state index in [-0.39, 0.29) is 5.54 Å². The SMILES string of the molecule is CN=C(NCC1(N2CCOCC2)CCCCC1)Nc1ccc(OC)c(OC)c1. The molecule has 1 aliphatic carbocycles. The molecule has 7 heteroatoms. The van der Waals surface area contributed by atoms with E-state index in [0.717, 1.165) is 44.5 Å². The van der Waals surface area contributed by atoms with E-state index >= 15 is 0 Å². The quantitative estimate of drug-likeness (QED) is 0.575. The predicted octanol–water partition coefficient (Wildman–Crippen LogP) is 2.73. The third-order valence-corrected chi connectivity index (χ3v) is 5.92. The molecule has 156 valence electrons. The van der Waals surface area contributed by atoms with Gasteiger partial charge in [-0.05, 0) is 25.0 Å². The number of nitrogens with zero attached hydrogens (tertiary/aromatic N) is 2. The molecule has 1 saturated heterocycles. The molecule has 0 radical (unpaired) electrons. The Morgan fingerprint density at radius 2 is 1.82 bits per heavy atom. The van der Waals surface area contributed by atoms with Crippen molar-refractivity contribution in [1.82, 2.24) is 10.2 Å². The first-order chi connectivity index (χ1) is 13.7. The standard InChI is InChI=1S/C21H34N4O3/c1-22-20(24-17-7-8-18(26-2)19(15-17)27-3)23-16-21(9-5-4-6-10-21)25-11-13-28-14-12-25/h7-8,15H,4-6,9-14,16H2,1-3H3,(H2,22,23,24). The van der Waals surface area contributed by atoms with Gasteiger partial charge < -0.3 is 24.8 Å². The van der Waals surface area contributed by atoms with Crippen LogP contribution in [0.3, 0.4) is 0 Å². The third kappa shape index (κ3) is 4.89. The van der Waals surface area contributed by atoms with Crippen LogP contribution in [-0.2, 0) is 4.74 Å². The van der Waals surface area contributed by atoms with Crippen molar-refractivity contribution in [2.24, 2.45) is 4.99 Å². The Balaban J connectivity index is 1.66. The second kappa shape index (κ2) is 9.98. The number of guanidine groups is 1. The van der Waals surface area contributed by atoms with Gasteiger partial charge in [0, 0.05) is 44.0 Å². The smallest absolute Gasteiger partial charge is 0.195 e. The lowest BCUT2D eigenvalue weighted by Crippen LogP contribution is -2.60. The van der Waals surface area contributed by atoms with Gasteiger partial charge >= 0.3 is 0 Å². The summed E-state index contributed by atoms with van der Waals surface area (Å²) in [6.07, 6.45) is 6.38. The first-order valence-electron chi connectivity index (χ1n) is 10.2. The lowest BCUT2D eigenvalue weighted by Gasteiger charge is -2.48. The van der Waals surface area contributed by atoms with E-state index in [2.05, 4.69) is 20.5 Å². The maximum absolute atomic E-state index is 5.58. The van der Waals surface area contributed by atoms with E-state index in [1.54, 1.807) is 21.3 Å². The van der Waals surface area contributed by atoms with Gasteiger partial charge in [0.1, 0.15) is 0 Å². The molecule has 7 nitrogen and oxygen atoms in total. The van der Waals surface area contributed by atoms with Gasteiger partial charge in [-0.2, -0.15) is 0 Å². The molecule has 2 N–H and O–H groups in total. The molecule has 0 unspecified atom stereocenters. The van der Waals surface area contributed by atoms with Crippen LogP contribution >= 0.6 is 0 Å². The molecular weight excluding hydrogens is 356 g/mol. The summed E-state index contributed by atoms with van der Waals surface area (Å²) >= 11 is 0. The number of aliphatic imine (C=N–C) groups is 1. The van der Waals surface area contributed by atoms with Crippen LogP contribution in [0, 0.1) is 0 Å². The van der Waals surface area contributed by atoms with Crippen molar-refractivity contribution in [1.29, 1.82) is 0 Å². The van der Waals surface area contributed by atoms with Crippen molar-refractivity contribution in [2.45, 2.75) is 37.6 Å². The minimum absolute atomic E-state index is 0.192. The van der Waals surface area contributed by atoms with Gasteiger partial charge in [0.25, 0.3) is 0 Å². The van der Waals surface area contributed by atoms with Crippen LogP contribution in [0.5, 0.6) is 11.5 Å². The minimum atomic E-state index is 0.192. The monoisotopic (exact) mass is 390 g/mol. The number of ether oxygens (including phenoxy) is 3. The maximum Gasteiger partial charge on any atom is 0.195 e. The van der Waals surface area contributed by atoms with Crippen LogP contribution < -0.4 is 20.1 Å². The molecule has 2 fully saturated rings. The molecule has 1 aromatic rings. The molecule has 0 bridgehead atoms. The second-order valence-corrected chi connectivity index (χ2v) is 7.50. The van der Waals surface area contributed by atoms with E-state index in [4.69, 9.17) is 14.2 Å². The zero-order valence-electron chi connectivity index (χ0n) is 17.4. The Bertz CT molecular complexity index is 653. The first kappa shape index (κ1) is 20.7. The molecule has 1 aliphatic heterocycles. The number of anilines is 1. The predicted molar refractivity (Wildman–Crippen MR) is 113 cm³/mol. The van der Waals surface area contributed by atoms with Crippen molar-refractivity contribution in [3.05, 3.63) is 18.2 Å². The van der Waals surface area contributed by atoms with Gasteiger partial charge in [0.15, 0.2) is 17.5 Å². The van der Waals surface area contributed by atoms with Gasteiger partial charge in [-0.3, -0.25) is 9.89 Å². The fourth-order valence-electron chi connectivity index (χ4n) is 4.33. The molecule has 0 amide bonds. The zero-order chi connectivity index (χ0) is 19.8. The van der Waals surface area contributed by atoms with Crippen LogP contribution in [0.25, 0.3) is 0 Å². The van der Waals surface area contributed by atoms with Crippen LogP contribution in [0.1, 0.15) is 32.1 Å². The van der Waals surface area contributed by atoms with E-state index < -0.39 is 0 Å². The van der Waals surface area contributed by atoms with Gasteiger partial charge in [-0.25, -0.2) is 0 Å². The molecule has 0 atom stereocenters. The fraction of sp³-hybridized carbons (Fsp3) is 0.667. The summed E-state index contributed by atoms with van der Waals surface area (Å²) in [4.78, 5) is 7.05. The van der Waals surface area contributed by atoms with Gasteiger partial charge in [-0.15, -0.1) is 0 Å². The van der Waals surface area contributed by atoms with E-state index in [1.165, 1.54) is 32.1 Å². The molecular formula is C21H34N4O3. The van der Waals surface area contributed by atoms with Gasteiger partial charge in [-0.1, -0.05) is 19.3 Å². The van der Waals surface area contributed by atoms with Gasteiger partial charge in [0.2, 0.25) is 0 Å². The average molecular weight is 391 g/mol. The molecule has 3 rings (SSSR count). The highest BCUT2D eigenvalue weighted by Crippen LogP contribution is 2.34. The summed E-state index contributed by atoms with van der Waals surface area (Å²) in [6.45, 7) is 4.59. The van der Waals surface area contributed by atoms with E-state index in [0.29, 0.717) is 11.5 Å². The lowest BCUT2D eigenvalue weighted by molar-refractivity contribution is -0.0352. The number of methoxy groups -OCH3 is 2. The summed E-state index contributed by atoms with van der Waals surface area (Å²) < 4.78 is 16.3. The van der Waals surface area contributed by atoms with Crippen molar-refractivity contribution in [2.75, 3.05) is 59.4 Å². The Hall–Kier alpha value is -1.99. The Morgan fingerprint density at radius 1 is 1.11 bits per heavy atom. The summed E-state index contributed by atoms with van der Waals surface area (Å²) in [5.74, 6) is 2.18. The number of nitrogens with one attached hydrogen (secondary N) is 2. The highest BCUT2D eigenvalue weighted by atomic mass is 16.5. The number of hydrogen-bond acceptors (Lipinski definition) is 5. The minimum Gasteiger partial charge on any atom is -0.493 e. The summed E-state index contributed by atoms with van der Waals surface area (Å²) in [5.41, 5.74) is 1.10. The van der Waals surface area contributed by atoms with Crippen LogP contribution in [0.15, 0.2) is 23.2 Å². The average Bonchev–Trinajstić information content (AvgIpc) is 2.77. The van der Waals surface area contributed by atoms with Crippen molar-refractivity contribution in [3.63, 3.8) is 0 Å². The number of benzene rings is 1. The van der Waals surface area contributed by atoms with Crippen molar-refractivity contribution >= 4 is 11.6 Å². The van der Waals surface area contributed by atoms with Crippen molar-refractivity contribution in [3.8, 4) is 11.5 Å². The summed E-state index contributed by atoms with van der Waals surface area (Å²) in [5, 5.41) is 6.95. The van der Waals surface area contributed by atoms with Crippen LogP contribution in [0.4, 0.5) is 5.69 Å². The maximum atomic E-state index is 5.58. The Morgan fingerprint density at radius 3 is 2.46 bits per heavy atom. The molecule has 1 aromatic carbocycles. The zero-order valence-corrected chi connectivity index (χ0v) is 17.4. The Kier molecular flexibility index (Phi) is 7.39. The molecule has 0 aromatic heterocycles. The van der Waals surface area contributed by atoms with E-state index in [1.807, 2.05) is 18.2 Å². The van der Waals surface area contributed by atoms with Crippen molar-refractivity contribution < 1.29 is 14.2 Å². The highest BCUT2D eigenvalue weighted by Gasteiger charge is 2.38. The lowest BCUT2D eigenvalue weighted by atomic mass is 9.80. The largest absolute Gasteiger partial charge is 0.493 e. The number of hydrogen-bond donors (Lipinski definition) is 2. The van der Waals surface area contributed by atoms with Crippen LogP contribution in [-0.4, -0.2) is 70.5 Å². The summed E-state index contributed by atoms with van der Waals surface area (Å²) in [7, 11) is 5.09. The second-order valence-electron chi connectivity index (χ2n) is 7.50. The molecule has 1 heterocycles. The fourth-order valence-corrected chi connectivity index (χ4v) is 4.33. The normalized spacial score (nSPS) is 20.5. The van der Waals surface area contributed by atoms with E-state index in [9.17, 15) is 0 Å².